The molecule has 3 heteroatoms. The van der Waals surface area contributed by atoms with Crippen molar-refractivity contribution in [3.63, 3.8) is 0 Å². The lowest BCUT2D eigenvalue weighted by Gasteiger charge is -2.39. The standard InChI is InChI=1S/C12H18N2S/c1-12(2)9-14(7-8-15-12)11-6-4-3-5-10(11)13/h3-6H,7-9,13H2,1-2H3. The molecule has 1 heterocycles. The molecule has 2 nitrogen and oxygen atoms in total. The van der Waals surface area contributed by atoms with Crippen molar-refractivity contribution in [3.8, 4) is 0 Å². The molecule has 15 heavy (non-hydrogen) atoms. The summed E-state index contributed by atoms with van der Waals surface area (Å²) in [5.41, 5.74) is 8.07. The van der Waals surface area contributed by atoms with Crippen molar-refractivity contribution < 1.29 is 0 Å². The fourth-order valence-corrected chi connectivity index (χ4v) is 3.11. The van der Waals surface area contributed by atoms with Gasteiger partial charge >= 0.3 is 0 Å². The Morgan fingerprint density at radius 3 is 2.73 bits per heavy atom. The smallest absolute Gasteiger partial charge is 0.0600 e. The summed E-state index contributed by atoms with van der Waals surface area (Å²) in [6, 6.07) is 8.13. The molecule has 1 aromatic rings. The molecule has 0 aliphatic carbocycles. The van der Waals surface area contributed by atoms with Crippen LogP contribution in [0.1, 0.15) is 13.8 Å². The van der Waals surface area contributed by atoms with Gasteiger partial charge in [-0.3, -0.25) is 0 Å². The lowest BCUT2D eigenvalue weighted by atomic mass is 10.1. The van der Waals surface area contributed by atoms with Gasteiger partial charge in [0.2, 0.25) is 0 Å². The maximum absolute atomic E-state index is 5.99. The van der Waals surface area contributed by atoms with Crippen molar-refractivity contribution in [3.05, 3.63) is 24.3 Å². The Morgan fingerprint density at radius 1 is 1.33 bits per heavy atom. The average Bonchev–Trinajstić information content (AvgIpc) is 2.17. The van der Waals surface area contributed by atoms with Crippen LogP contribution < -0.4 is 10.6 Å². The first kappa shape index (κ1) is 10.7. The van der Waals surface area contributed by atoms with Crippen LogP contribution in [-0.4, -0.2) is 23.6 Å². The predicted octanol–water partition coefficient (Wildman–Crippen LogP) is 2.60. The van der Waals surface area contributed by atoms with Crippen LogP contribution in [0.2, 0.25) is 0 Å². The number of nitrogens with zero attached hydrogens (tertiary/aromatic N) is 1. The molecule has 0 amide bonds. The summed E-state index contributed by atoms with van der Waals surface area (Å²) in [6.07, 6.45) is 0. The zero-order valence-corrected chi connectivity index (χ0v) is 10.2. The molecule has 0 aromatic heterocycles. The number of hydrogen-bond acceptors (Lipinski definition) is 3. The fraction of sp³-hybridized carbons (Fsp3) is 0.500. The van der Waals surface area contributed by atoms with Gasteiger partial charge in [-0.2, -0.15) is 11.8 Å². The third kappa shape index (κ3) is 2.40. The Balaban J connectivity index is 2.21. The van der Waals surface area contributed by atoms with Gasteiger partial charge in [0.25, 0.3) is 0 Å². The van der Waals surface area contributed by atoms with Crippen molar-refractivity contribution in [2.45, 2.75) is 18.6 Å². The van der Waals surface area contributed by atoms with Crippen LogP contribution in [0, 0.1) is 0 Å². The third-order valence-electron chi connectivity index (χ3n) is 2.70. The van der Waals surface area contributed by atoms with E-state index in [-0.39, 0.29) is 0 Å². The number of rotatable bonds is 1. The van der Waals surface area contributed by atoms with Gasteiger partial charge in [-0.05, 0) is 26.0 Å². The first-order chi connectivity index (χ1) is 7.08. The van der Waals surface area contributed by atoms with Gasteiger partial charge in [-0.25, -0.2) is 0 Å². The van der Waals surface area contributed by atoms with Crippen LogP contribution >= 0.6 is 11.8 Å². The Hall–Kier alpha value is -0.830. The second kappa shape index (κ2) is 3.97. The second-order valence-corrected chi connectivity index (χ2v) is 6.39. The largest absolute Gasteiger partial charge is 0.397 e. The summed E-state index contributed by atoms with van der Waals surface area (Å²) in [5.74, 6) is 1.18. The number of nitrogens with two attached hydrogens (primary N) is 1. The van der Waals surface area contributed by atoms with E-state index in [9.17, 15) is 0 Å². The minimum atomic E-state index is 0.334. The van der Waals surface area contributed by atoms with Gasteiger partial charge in [0.05, 0.1) is 11.4 Å². The highest BCUT2D eigenvalue weighted by Gasteiger charge is 2.27. The Labute approximate surface area is 95.8 Å². The van der Waals surface area contributed by atoms with Crippen LogP contribution in [0.5, 0.6) is 0 Å². The van der Waals surface area contributed by atoms with E-state index in [0.717, 1.165) is 18.8 Å². The van der Waals surface area contributed by atoms with Gasteiger partial charge < -0.3 is 10.6 Å². The highest BCUT2D eigenvalue weighted by molar-refractivity contribution is 8.00. The van der Waals surface area contributed by atoms with E-state index in [1.807, 2.05) is 23.9 Å². The van der Waals surface area contributed by atoms with E-state index < -0.39 is 0 Å². The Bertz CT molecular complexity index is 349. The number of hydrogen-bond donors (Lipinski definition) is 1. The molecule has 0 atom stereocenters. The molecule has 2 N–H and O–H groups in total. The molecule has 1 aromatic carbocycles. The van der Waals surface area contributed by atoms with E-state index >= 15 is 0 Å². The second-order valence-electron chi connectivity index (χ2n) is 4.59. The van der Waals surface area contributed by atoms with Crippen molar-refractivity contribution in [1.29, 1.82) is 0 Å². The Morgan fingerprint density at radius 2 is 2.07 bits per heavy atom. The molecule has 0 bridgehead atoms. The lowest BCUT2D eigenvalue weighted by Crippen LogP contribution is -2.43. The third-order valence-corrected chi connectivity index (χ3v) is 4.00. The first-order valence-electron chi connectivity index (χ1n) is 5.32. The molecule has 0 spiro atoms. The van der Waals surface area contributed by atoms with Gasteiger partial charge in [0.1, 0.15) is 0 Å². The maximum Gasteiger partial charge on any atom is 0.0600 e. The first-order valence-corrected chi connectivity index (χ1v) is 6.30. The van der Waals surface area contributed by atoms with Crippen LogP contribution in [-0.2, 0) is 0 Å². The van der Waals surface area contributed by atoms with Gasteiger partial charge in [-0.15, -0.1) is 0 Å². The zero-order valence-electron chi connectivity index (χ0n) is 9.36. The van der Waals surface area contributed by atoms with Crippen molar-refractivity contribution in [1.82, 2.24) is 0 Å². The summed E-state index contributed by atoms with van der Waals surface area (Å²) in [5, 5.41) is 0. The van der Waals surface area contributed by atoms with Crippen LogP contribution in [0.25, 0.3) is 0 Å². The fourth-order valence-electron chi connectivity index (χ4n) is 2.00. The average molecular weight is 222 g/mol. The lowest BCUT2D eigenvalue weighted by molar-refractivity contribution is 0.648. The summed E-state index contributed by atoms with van der Waals surface area (Å²) >= 11 is 2.04. The molecule has 0 radical (unpaired) electrons. The molecule has 1 fully saturated rings. The molecular weight excluding hydrogens is 204 g/mol. The van der Waals surface area contributed by atoms with E-state index in [1.54, 1.807) is 0 Å². The SMILES string of the molecule is CC1(C)CN(c2ccccc2N)CCS1. The minimum absolute atomic E-state index is 0.334. The van der Waals surface area contributed by atoms with Crippen LogP contribution in [0.15, 0.2) is 24.3 Å². The summed E-state index contributed by atoms with van der Waals surface area (Å²) in [7, 11) is 0. The van der Waals surface area contributed by atoms with E-state index in [0.29, 0.717) is 4.75 Å². The monoisotopic (exact) mass is 222 g/mol. The van der Waals surface area contributed by atoms with Crippen molar-refractivity contribution in [2.24, 2.45) is 0 Å². The van der Waals surface area contributed by atoms with Crippen LogP contribution in [0.3, 0.4) is 0 Å². The number of para-hydroxylation sites is 2. The summed E-state index contributed by atoms with van der Waals surface area (Å²) < 4.78 is 0.334. The topological polar surface area (TPSA) is 29.3 Å². The molecular formula is C12H18N2S. The highest BCUT2D eigenvalue weighted by atomic mass is 32.2. The normalized spacial score (nSPS) is 20.3. The number of thioether (sulfide) groups is 1. The predicted molar refractivity (Wildman–Crippen MR) is 69.6 cm³/mol. The van der Waals surface area contributed by atoms with Gasteiger partial charge in [-0.1, -0.05) is 12.1 Å². The van der Waals surface area contributed by atoms with Crippen molar-refractivity contribution >= 4 is 23.1 Å². The van der Waals surface area contributed by atoms with Crippen molar-refractivity contribution in [2.75, 3.05) is 29.5 Å². The summed E-state index contributed by atoms with van der Waals surface area (Å²) in [6.45, 7) is 6.76. The zero-order chi connectivity index (χ0) is 10.9. The van der Waals surface area contributed by atoms with E-state index in [2.05, 4.69) is 30.9 Å². The minimum Gasteiger partial charge on any atom is -0.397 e. The molecule has 0 unspecified atom stereocenters. The quantitative estimate of drug-likeness (QED) is 0.741. The molecule has 1 aliphatic heterocycles. The van der Waals surface area contributed by atoms with Crippen LogP contribution in [0.4, 0.5) is 11.4 Å². The molecule has 82 valence electrons. The molecule has 1 aliphatic rings. The number of benzene rings is 1. The highest BCUT2D eigenvalue weighted by Crippen LogP contribution is 2.34. The van der Waals surface area contributed by atoms with Gasteiger partial charge in [0, 0.05) is 23.6 Å². The maximum atomic E-state index is 5.99. The van der Waals surface area contributed by atoms with Gasteiger partial charge in [0.15, 0.2) is 0 Å². The van der Waals surface area contributed by atoms with E-state index in [1.165, 1.54) is 11.4 Å². The number of nitrogen functional groups attached to an aromatic ring is 1. The number of anilines is 2. The Kier molecular flexibility index (Phi) is 2.83. The molecule has 1 saturated heterocycles. The molecule has 2 rings (SSSR count). The summed E-state index contributed by atoms with van der Waals surface area (Å²) in [4.78, 5) is 2.39. The van der Waals surface area contributed by atoms with E-state index in [4.69, 9.17) is 5.73 Å². The molecule has 0 saturated carbocycles.